The van der Waals surface area contributed by atoms with Gasteiger partial charge in [0.05, 0.1) is 24.9 Å². The number of aliphatic hydroxyl groups is 1. The largest absolute Gasteiger partial charge is 0.462 e. The molecule has 0 saturated heterocycles. The Bertz CT molecular complexity index is 1390. The minimum Gasteiger partial charge on any atom is -0.462 e. The summed E-state index contributed by atoms with van der Waals surface area (Å²) in [6.45, 7) is 15.0. The van der Waals surface area contributed by atoms with Crippen molar-refractivity contribution < 1.29 is 24.2 Å². The molecule has 50 heavy (non-hydrogen) atoms. The molecule has 0 bridgehead atoms. The van der Waals surface area contributed by atoms with Crippen LogP contribution in [-0.2, 0) is 31.9 Å². The zero-order valence-corrected chi connectivity index (χ0v) is 31.5. The minimum atomic E-state index is -0.983. The van der Waals surface area contributed by atoms with Crippen LogP contribution in [0.1, 0.15) is 134 Å². The first kappa shape index (κ1) is 39.6. The van der Waals surface area contributed by atoms with Gasteiger partial charge < -0.3 is 14.6 Å². The normalized spacial score (nSPS) is 21.9. The highest BCUT2D eigenvalue weighted by Crippen LogP contribution is 2.45. The van der Waals surface area contributed by atoms with Crippen molar-refractivity contribution in [3.8, 4) is 11.1 Å². The van der Waals surface area contributed by atoms with Crippen LogP contribution in [0.15, 0.2) is 66.8 Å². The number of hydrogen-bond donors (Lipinski definition) is 1. The van der Waals surface area contributed by atoms with E-state index in [0.717, 1.165) is 30.6 Å². The zero-order valence-electron chi connectivity index (χ0n) is 31.5. The van der Waals surface area contributed by atoms with E-state index in [0.29, 0.717) is 17.9 Å². The summed E-state index contributed by atoms with van der Waals surface area (Å²) in [5, 5.41) is 9.67. The van der Waals surface area contributed by atoms with Crippen LogP contribution < -0.4 is 0 Å². The van der Waals surface area contributed by atoms with Gasteiger partial charge in [0.1, 0.15) is 0 Å². The summed E-state index contributed by atoms with van der Waals surface area (Å²) in [5.74, 6) is 2.30. The molecule has 4 rings (SSSR count). The van der Waals surface area contributed by atoms with Crippen LogP contribution in [0.4, 0.5) is 0 Å². The molecule has 5 heteroatoms. The Morgan fingerprint density at radius 3 is 2.04 bits per heavy atom. The molecule has 2 aromatic carbocycles. The third-order valence-electron chi connectivity index (χ3n) is 11.6. The average molecular weight is 685 g/mol. The first-order chi connectivity index (χ1) is 24.1. The van der Waals surface area contributed by atoms with Gasteiger partial charge in [0.15, 0.2) is 0 Å². The van der Waals surface area contributed by atoms with Crippen molar-refractivity contribution in [1.82, 2.24) is 0 Å². The smallest absolute Gasteiger partial charge is 0.336 e. The Hall–Kier alpha value is -3.18. The molecule has 0 aromatic heterocycles. The van der Waals surface area contributed by atoms with Crippen molar-refractivity contribution in [3.05, 3.63) is 83.5 Å². The molecule has 2 saturated carbocycles. The van der Waals surface area contributed by atoms with Gasteiger partial charge in [0.2, 0.25) is 0 Å². The molecular formula is C45H64O5. The molecular weight excluding hydrogens is 620 g/mol. The molecule has 2 aliphatic rings. The third kappa shape index (κ3) is 11.7. The second kappa shape index (κ2) is 20.0. The second-order valence-electron chi connectivity index (χ2n) is 15.4. The van der Waals surface area contributed by atoms with Crippen molar-refractivity contribution >= 4 is 11.9 Å². The summed E-state index contributed by atoms with van der Waals surface area (Å²) in [7, 11) is 0. The molecule has 5 nitrogen and oxygen atoms in total. The van der Waals surface area contributed by atoms with Crippen molar-refractivity contribution in [1.29, 1.82) is 0 Å². The maximum absolute atomic E-state index is 12.3. The minimum absolute atomic E-state index is 0.00641. The van der Waals surface area contributed by atoms with Crippen molar-refractivity contribution in [2.45, 2.75) is 136 Å². The van der Waals surface area contributed by atoms with Gasteiger partial charge in [-0.25, -0.2) is 9.59 Å². The van der Waals surface area contributed by atoms with Gasteiger partial charge in [-0.05, 0) is 123 Å². The molecule has 0 heterocycles. The summed E-state index contributed by atoms with van der Waals surface area (Å²) in [5.41, 5.74) is 6.86. The van der Waals surface area contributed by atoms with Crippen LogP contribution in [-0.4, -0.2) is 36.4 Å². The maximum Gasteiger partial charge on any atom is 0.336 e. The van der Waals surface area contributed by atoms with E-state index in [1.54, 1.807) is 6.92 Å². The average Bonchev–Trinajstić information content (AvgIpc) is 3.14. The zero-order chi connectivity index (χ0) is 36.0. The summed E-state index contributed by atoms with van der Waals surface area (Å²) < 4.78 is 10.8. The fourth-order valence-electron chi connectivity index (χ4n) is 8.23. The molecule has 0 amide bonds. The van der Waals surface area contributed by atoms with Gasteiger partial charge in [-0.1, -0.05) is 108 Å². The van der Waals surface area contributed by atoms with Crippen LogP contribution >= 0.6 is 0 Å². The molecule has 0 radical (unpaired) electrons. The first-order valence-corrected chi connectivity index (χ1v) is 19.7. The van der Waals surface area contributed by atoms with Gasteiger partial charge in [-0.15, -0.1) is 0 Å². The van der Waals surface area contributed by atoms with Crippen LogP contribution in [0.5, 0.6) is 0 Å². The molecule has 2 atom stereocenters. The third-order valence-corrected chi connectivity index (χ3v) is 11.6. The highest BCUT2D eigenvalue weighted by Gasteiger charge is 2.31. The number of aliphatic hydroxyl groups excluding tert-OH is 1. The summed E-state index contributed by atoms with van der Waals surface area (Å²) in [4.78, 5) is 24.3. The van der Waals surface area contributed by atoms with Crippen molar-refractivity contribution in [2.75, 3.05) is 13.2 Å². The number of hydrogen-bond acceptors (Lipinski definition) is 5. The molecule has 274 valence electrons. The number of aryl methyl sites for hydroxylation is 2. The van der Waals surface area contributed by atoms with Crippen LogP contribution in [0, 0.1) is 23.7 Å². The highest BCUT2D eigenvalue weighted by atomic mass is 16.5. The number of carbonyl (C=O) groups excluding carboxylic acids is 2. The number of ether oxygens (including phenoxy) is 2. The number of rotatable bonds is 18. The highest BCUT2D eigenvalue weighted by molar-refractivity contribution is 5.88. The Balaban J connectivity index is 1.30. The summed E-state index contributed by atoms with van der Waals surface area (Å²) in [6, 6.07) is 16.1. The van der Waals surface area contributed by atoms with E-state index in [2.05, 4.69) is 69.5 Å². The van der Waals surface area contributed by atoms with Crippen molar-refractivity contribution in [2.24, 2.45) is 23.7 Å². The Morgan fingerprint density at radius 2 is 1.46 bits per heavy atom. The van der Waals surface area contributed by atoms with E-state index < -0.39 is 18.0 Å². The monoisotopic (exact) mass is 684 g/mol. The van der Waals surface area contributed by atoms with Crippen LogP contribution in [0.2, 0.25) is 0 Å². The Morgan fingerprint density at radius 1 is 0.840 bits per heavy atom. The lowest BCUT2D eigenvalue weighted by Gasteiger charge is -2.38. The summed E-state index contributed by atoms with van der Waals surface area (Å²) >= 11 is 0. The SMILES string of the molecule is C=C(C)C(=O)OCC(CCc1ccc(-c2ccc(C3CCC(C4CCC(CCCCC)CC4)CC3)cc2)c(CC)c1)COC(=O)C(=C)C(C)O. The van der Waals surface area contributed by atoms with Gasteiger partial charge in [0, 0.05) is 11.5 Å². The molecule has 2 unspecified atom stereocenters. The second-order valence-corrected chi connectivity index (χ2v) is 15.4. The quantitative estimate of drug-likeness (QED) is 0.0961. The van der Waals surface area contributed by atoms with Crippen LogP contribution in [0.3, 0.4) is 0 Å². The fourth-order valence-corrected chi connectivity index (χ4v) is 8.23. The number of unbranched alkanes of at least 4 members (excludes halogenated alkanes) is 2. The molecule has 2 fully saturated rings. The topological polar surface area (TPSA) is 72.8 Å². The van der Waals surface area contributed by atoms with Gasteiger partial charge in [-0.2, -0.15) is 0 Å². The Labute approximate surface area is 302 Å². The van der Waals surface area contributed by atoms with E-state index in [-0.39, 0.29) is 24.7 Å². The van der Waals surface area contributed by atoms with E-state index in [1.165, 1.54) is 112 Å². The molecule has 0 spiro atoms. The van der Waals surface area contributed by atoms with Gasteiger partial charge in [0.25, 0.3) is 0 Å². The molecule has 1 N–H and O–H groups in total. The number of benzene rings is 2. The van der Waals surface area contributed by atoms with Crippen LogP contribution in [0.25, 0.3) is 11.1 Å². The van der Waals surface area contributed by atoms with Gasteiger partial charge >= 0.3 is 11.9 Å². The van der Waals surface area contributed by atoms with Crippen molar-refractivity contribution in [3.63, 3.8) is 0 Å². The van der Waals surface area contributed by atoms with Gasteiger partial charge in [-0.3, -0.25) is 0 Å². The lowest BCUT2D eigenvalue weighted by atomic mass is 9.68. The lowest BCUT2D eigenvalue weighted by Crippen LogP contribution is -2.25. The molecule has 0 aliphatic heterocycles. The summed E-state index contributed by atoms with van der Waals surface area (Å²) in [6.07, 6.45) is 18.4. The predicted molar refractivity (Wildman–Crippen MR) is 205 cm³/mol. The predicted octanol–water partition coefficient (Wildman–Crippen LogP) is 10.7. The fraction of sp³-hybridized carbons (Fsp3) is 0.600. The van der Waals surface area contributed by atoms with E-state index >= 15 is 0 Å². The lowest BCUT2D eigenvalue weighted by molar-refractivity contribution is -0.144. The Kier molecular flexibility index (Phi) is 15.9. The molecule has 2 aromatic rings. The number of carbonyl (C=O) groups is 2. The van der Waals surface area contributed by atoms with E-state index in [9.17, 15) is 14.7 Å². The number of esters is 2. The maximum atomic E-state index is 12.3. The molecule has 2 aliphatic carbocycles. The van der Waals surface area contributed by atoms with E-state index in [1.807, 2.05) is 0 Å². The first-order valence-electron chi connectivity index (χ1n) is 19.7. The standard InChI is InChI=1S/C45H64O5/c1-7-9-10-11-34-14-17-38(18-15-34)39-19-21-40(22-20-39)41-23-25-42(26-24-41)43-27-16-35(28-37(43)8-2)12-13-36(29-49-44(47)31(3)4)30-50-45(48)32(5)33(6)46/h16,23-28,33-34,36,38-40,46H,3,5,7-15,17-22,29-30H2,1-2,4,6H3. The van der Waals surface area contributed by atoms with E-state index in [4.69, 9.17) is 9.47 Å².